The van der Waals surface area contributed by atoms with Crippen LogP contribution in [0.15, 0.2) is 42.6 Å². The largest absolute Gasteiger partial charge is 0.382 e. The summed E-state index contributed by atoms with van der Waals surface area (Å²) in [4.78, 5) is 21.4. The van der Waals surface area contributed by atoms with Crippen LogP contribution in [0.3, 0.4) is 0 Å². The molecule has 3 N–H and O–H groups in total. The van der Waals surface area contributed by atoms with Crippen LogP contribution in [0.4, 0.5) is 10.2 Å². The maximum atomic E-state index is 13.6. The van der Waals surface area contributed by atoms with Gasteiger partial charge >= 0.3 is 0 Å². The third-order valence-corrected chi connectivity index (χ3v) is 6.97. The number of amides is 1. The molecule has 31 heavy (non-hydrogen) atoms. The highest BCUT2D eigenvalue weighted by atomic mass is 32.2. The maximum Gasteiger partial charge on any atom is 0.281 e. The van der Waals surface area contributed by atoms with Crippen LogP contribution in [0, 0.1) is 5.82 Å². The summed E-state index contributed by atoms with van der Waals surface area (Å²) in [5.41, 5.74) is 7.66. The average Bonchev–Trinajstić information content (AvgIpc) is 2.70. The Kier molecular flexibility index (Phi) is 5.33. The van der Waals surface area contributed by atoms with E-state index in [4.69, 9.17) is 5.73 Å². The van der Waals surface area contributed by atoms with E-state index in [1.165, 1.54) is 36.7 Å². The van der Waals surface area contributed by atoms with Crippen LogP contribution in [0.5, 0.6) is 0 Å². The summed E-state index contributed by atoms with van der Waals surface area (Å²) in [5.74, 6) is -0.633. The number of nitrogens with two attached hydrogens (primary N) is 1. The van der Waals surface area contributed by atoms with Crippen LogP contribution in [0.25, 0.3) is 22.2 Å². The van der Waals surface area contributed by atoms with Gasteiger partial charge in [0.25, 0.3) is 16.1 Å². The lowest BCUT2D eigenvalue weighted by atomic mass is 10.1. The lowest BCUT2D eigenvalue weighted by Crippen LogP contribution is -2.62. The number of carbonyl (C=O) groups is 1. The SMILES string of the molecule is CN(C)S(=O)(=O)N1CC(NC(=O)c2cnc(N)c3nc(-c4cccc(F)c4)ccc23)C1. The predicted octanol–water partition coefficient (Wildman–Crippen LogP) is 1.24. The van der Waals surface area contributed by atoms with E-state index in [0.29, 0.717) is 22.2 Å². The average molecular weight is 444 g/mol. The molecule has 0 aliphatic carbocycles. The number of benzene rings is 1. The molecule has 9 nitrogen and oxygen atoms in total. The molecule has 0 saturated carbocycles. The molecule has 1 amide bonds. The number of nitrogens with one attached hydrogen (secondary N) is 1. The van der Waals surface area contributed by atoms with Gasteiger partial charge in [-0.25, -0.2) is 14.4 Å². The van der Waals surface area contributed by atoms with Gasteiger partial charge in [-0.2, -0.15) is 17.0 Å². The number of nitrogen functional groups attached to an aromatic ring is 1. The van der Waals surface area contributed by atoms with Crippen molar-refractivity contribution in [3.63, 3.8) is 0 Å². The van der Waals surface area contributed by atoms with Crippen molar-refractivity contribution < 1.29 is 17.6 Å². The molecule has 1 aliphatic rings. The fourth-order valence-electron chi connectivity index (χ4n) is 3.34. The highest BCUT2D eigenvalue weighted by Crippen LogP contribution is 2.26. The van der Waals surface area contributed by atoms with Crippen molar-refractivity contribution >= 4 is 32.8 Å². The van der Waals surface area contributed by atoms with Crippen LogP contribution >= 0.6 is 0 Å². The van der Waals surface area contributed by atoms with E-state index in [-0.39, 0.29) is 36.3 Å². The molecule has 11 heteroatoms. The zero-order valence-electron chi connectivity index (χ0n) is 16.9. The number of anilines is 1. The Morgan fingerprint density at radius 2 is 2.00 bits per heavy atom. The summed E-state index contributed by atoms with van der Waals surface area (Å²) in [5, 5.41) is 3.32. The molecular formula is C20H21FN6O3S. The second-order valence-electron chi connectivity index (χ2n) is 7.44. The topological polar surface area (TPSA) is 122 Å². The first-order chi connectivity index (χ1) is 14.7. The molecule has 3 heterocycles. The van der Waals surface area contributed by atoms with Gasteiger partial charge in [-0.05, 0) is 24.3 Å². The van der Waals surface area contributed by atoms with E-state index in [1.807, 2.05) is 0 Å². The van der Waals surface area contributed by atoms with Crippen LogP contribution in [0.2, 0.25) is 0 Å². The van der Waals surface area contributed by atoms with Gasteiger partial charge in [-0.15, -0.1) is 0 Å². The monoisotopic (exact) mass is 444 g/mol. The zero-order valence-corrected chi connectivity index (χ0v) is 17.7. The van der Waals surface area contributed by atoms with Crippen molar-refractivity contribution in [3.8, 4) is 11.3 Å². The van der Waals surface area contributed by atoms with E-state index < -0.39 is 16.1 Å². The second kappa shape index (κ2) is 7.84. The highest BCUT2D eigenvalue weighted by molar-refractivity contribution is 7.86. The Bertz CT molecular complexity index is 1280. The van der Waals surface area contributed by atoms with Crippen molar-refractivity contribution in [2.75, 3.05) is 32.9 Å². The van der Waals surface area contributed by atoms with Crippen molar-refractivity contribution in [1.29, 1.82) is 0 Å². The summed E-state index contributed by atoms with van der Waals surface area (Å²) in [7, 11) is -0.585. The van der Waals surface area contributed by atoms with Gasteiger partial charge in [0.15, 0.2) is 0 Å². The smallest absolute Gasteiger partial charge is 0.281 e. The number of fused-ring (bicyclic) bond motifs is 1. The number of pyridine rings is 2. The molecule has 162 valence electrons. The normalized spacial score (nSPS) is 15.2. The highest BCUT2D eigenvalue weighted by Gasteiger charge is 2.38. The molecule has 1 fully saturated rings. The van der Waals surface area contributed by atoms with Crippen LogP contribution in [-0.4, -0.2) is 66.1 Å². The van der Waals surface area contributed by atoms with Crippen LogP contribution < -0.4 is 11.1 Å². The summed E-state index contributed by atoms with van der Waals surface area (Å²) in [6, 6.07) is 9.07. The number of aromatic nitrogens is 2. The molecule has 3 aromatic rings. The Morgan fingerprint density at radius 1 is 1.26 bits per heavy atom. The molecule has 0 unspecified atom stereocenters. The van der Waals surface area contributed by atoms with Crippen molar-refractivity contribution in [1.82, 2.24) is 23.9 Å². The molecule has 0 spiro atoms. The minimum absolute atomic E-state index is 0.150. The number of hydrogen-bond acceptors (Lipinski definition) is 6. The van der Waals surface area contributed by atoms with Crippen molar-refractivity contribution in [2.45, 2.75) is 6.04 Å². The third kappa shape index (κ3) is 3.94. The summed E-state index contributed by atoms with van der Waals surface area (Å²) < 4.78 is 40.1. The standard InChI is InChI=1S/C20H21FN6O3S/c1-26(2)31(29,30)27-10-14(11-27)24-20(28)16-9-23-19(22)18-15(16)6-7-17(25-18)12-4-3-5-13(21)8-12/h3-9,14H,10-11H2,1-2H3,(H2,22,23)(H,24,28). The zero-order chi connectivity index (χ0) is 22.3. The molecule has 2 aromatic heterocycles. The van der Waals surface area contributed by atoms with Crippen molar-refractivity contribution in [3.05, 3.63) is 54.0 Å². The number of halogens is 1. The van der Waals surface area contributed by atoms with Crippen molar-refractivity contribution in [2.24, 2.45) is 0 Å². The van der Waals surface area contributed by atoms with Gasteiger partial charge in [-0.3, -0.25) is 4.79 Å². The quantitative estimate of drug-likeness (QED) is 0.611. The number of nitrogens with zero attached hydrogens (tertiary/aromatic N) is 4. The molecule has 4 rings (SSSR count). The molecule has 0 atom stereocenters. The van der Waals surface area contributed by atoms with Gasteiger partial charge in [0.2, 0.25) is 0 Å². The lowest BCUT2D eigenvalue weighted by molar-refractivity contribution is 0.0894. The third-order valence-electron chi connectivity index (χ3n) is 5.10. The van der Waals surface area contributed by atoms with E-state index in [1.54, 1.807) is 24.3 Å². The first-order valence-electron chi connectivity index (χ1n) is 9.46. The van der Waals surface area contributed by atoms with Gasteiger partial charge in [0.1, 0.15) is 17.2 Å². The van der Waals surface area contributed by atoms with E-state index in [0.717, 1.165) is 4.31 Å². The predicted molar refractivity (Wildman–Crippen MR) is 115 cm³/mol. The first kappa shape index (κ1) is 21.1. The van der Waals surface area contributed by atoms with E-state index in [9.17, 15) is 17.6 Å². The van der Waals surface area contributed by atoms with Gasteiger partial charge in [0, 0.05) is 44.3 Å². The van der Waals surface area contributed by atoms with Gasteiger partial charge in [0.05, 0.1) is 17.3 Å². The summed E-state index contributed by atoms with van der Waals surface area (Å²) in [6.07, 6.45) is 1.36. The summed E-state index contributed by atoms with van der Waals surface area (Å²) in [6.45, 7) is 0.378. The lowest BCUT2D eigenvalue weighted by Gasteiger charge is -2.39. The molecule has 1 saturated heterocycles. The minimum Gasteiger partial charge on any atom is -0.382 e. The fourth-order valence-corrected chi connectivity index (χ4v) is 4.54. The second-order valence-corrected chi connectivity index (χ2v) is 9.58. The Labute approximate surface area is 178 Å². The number of rotatable bonds is 5. The van der Waals surface area contributed by atoms with Crippen LogP contribution in [-0.2, 0) is 10.2 Å². The van der Waals surface area contributed by atoms with Gasteiger partial charge in [-0.1, -0.05) is 12.1 Å². The molecular weight excluding hydrogens is 423 g/mol. The van der Waals surface area contributed by atoms with Gasteiger partial charge < -0.3 is 11.1 Å². The fraction of sp³-hybridized carbons (Fsp3) is 0.250. The number of carbonyl (C=O) groups excluding carboxylic acids is 1. The Hall–Kier alpha value is -3.15. The Balaban J connectivity index is 1.57. The molecule has 1 aromatic carbocycles. The molecule has 0 radical (unpaired) electrons. The van der Waals surface area contributed by atoms with E-state index >= 15 is 0 Å². The van der Waals surface area contributed by atoms with Crippen LogP contribution in [0.1, 0.15) is 10.4 Å². The summed E-state index contributed by atoms with van der Waals surface area (Å²) >= 11 is 0. The molecule has 1 aliphatic heterocycles. The minimum atomic E-state index is -3.50. The Morgan fingerprint density at radius 3 is 2.68 bits per heavy atom. The van der Waals surface area contributed by atoms with E-state index in [2.05, 4.69) is 15.3 Å². The maximum absolute atomic E-state index is 13.6. The molecule has 0 bridgehead atoms. The number of hydrogen-bond donors (Lipinski definition) is 2. The first-order valence-corrected chi connectivity index (χ1v) is 10.9.